The standard InChI is InChI=1S/C21H29N7O3/c1-26(2)5-6-27(3)16-8-18(31-4)15(7-17(16)28(29)30)24-19-9-20(23-13-22-19)25-21-10-14(11-21)12-21/h7-9,13-14H,5-6,10-12H2,1-4H3,(H2,22,23,24,25). The molecule has 3 saturated carbocycles. The van der Waals surface area contributed by atoms with E-state index in [0.29, 0.717) is 29.5 Å². The second-order valence-electron chi connectivity index (χ2n) is 8.82. The molecule has 0 amide bonds. The number of ether oxygens (including phenoxy) is 1. The van der Waals surface area contributed by atoms with Crippen molar-refractivity contribution in [2.75, 3.05) is 56.9 Å². The second-order valence-corrected chi connectivity index (χ2v) is 8.82. The Morgan fingerprint density at radius 1 is 1.16 bits per heavy atom. The van der Waals surface area contributed by atoms with Crippen LogP contribution in [0.1, 0.15) is 19.3 Å². The van der Waals surface area contributed by atoms with Crippen LogP contribution in [-0.4, -0.2) is 66.7 Å². The van der Waals surface area contributed by atoms with Crippen molar-refractivity contribution in [2.24, 2.45) is 5.92 Å². The summed E-state index contributed by atoms with van der Waals surface area (Å²) in [7, 11) is 7.32. The van der Waals surface area contributed by atoms with Crippen LogP contribution in [0.4, 0.5) is 28.7 Å². The molecule has 2 aromatic rings. The first-order chi connectivity index (χ1) is 14.8. The van der Waals surface area contributed by atoms with E-state index in [9.17, 15) is 10.1 Å². The summed E-state index contributed by atoms with van der Waals surface area (Å²) in [5, 5.41) is 18.5. The molecule has 1 heterocycles. The number of nitro groups is 1. The van der Waals surface area contributed by atoms with Gasteiger partial charge in [-0.1, -0.05) is 0 Å². The van der Waals surface area contributed by atoms with Crippen molar-refractivity contribution in [3.8, 4) is 5.75 Å². The zero-order valence-electron chi connectivity index (χ0n) is 18.4. The summed E-state index contributed by atoms with van der Waals surface area (Å²) >= 11 is 0. The summed E-state index contributed by atoms with van der Waals surface area (Å²) < 4.78 is 5.53. The highest BCUT2D eigenvalue weighted by atomic mass is 16.6. The Kier molecular flexibility index (Phi) is 5.57. The van der Waals surface area contributed by atoms with E-state index in [1.807, 2.05) is 37.0 Å². The molecule has 1 aromatic heterocycles. The van der Waals surface area contributed by atoms with Gasteiger partial charge in [-0.15, -0.1) is 0 Å². The van der Waals surface area contributed by atoms with E-state index in [2.05, 4.69) is 20.6 Å². The average Bonchev–Trinajstić information content (AvgIpc) is 2.68. The van der Waals surface area contributed by atoms with Crippen LogP contribution in [0.25, 0.3) is 0 Å². The van der Waals surface area contributed by atoms with Gasteiger partial charge in [-0.05, 0) is 39.3 Å². The fourth-order valence-electron chi connectivity index (χ4n) is 4.28. The van der Waals surface area contributed by atoms with Gasteiger partial charge in [0, 0.05) is 43.9 Å². The molecule has 1 aromatic carbocycles. The third-order valence-electron chi connectivity index (χ3n) is 6.15. The molecular weight excluding hydrogens is 398 g/mol. The number of nitrogens with one attached hydrogen (secondary N) is 2. The van der Waals surface area contributed by atoms with Gasteiger partial charge in [0.2, 0.25) is 0 Å². The quantitative estimate of drug-likeness (QED) is 0.437. The molecule has 5 rings (SSSR count). The predicted octanol–water partition coefficient (Wildman–Crippen LogP) is 3.10. The number of nitrogens with zero attached hydrogens (tertiary/aromatic N) is 5. The number of hydrogen-bond acceptors (Lipinski definition) is 9. The number of benzene rings is 1. The fourth-order valence-corrected chi connectivity index (χ4v) is 4.28. The molecule has 0 unspecified atom stereocenters. The Hall–Kier alpha value is -3.14. The van der Waals surface area contributed by atoms with E-state index < -0.39 is 0 Å². The summed E-state index contributed by atoms with van der Waals surface area (Å²) in [6, 6.07) is 5.01. The van der Waals surface area contributed by atoms with Crippen LogP contribution >= 0.6 is 0 Å². The predicted molar refractivity (Wildman–Crippen MR) is 120 cm³/mol. The molecule has 0 spiro atoms. The lowest BCUT2D eigenvalue weighted by Gasteiger charge is -2.62. The summed E-state index contributed by atoms with van der Waals surface area (Å²) in [5.74, 6) is 2.67. The molecule has 3 fully saturated rings. The maximum Gasteiger partial charge on any atom is 0.294 e. The summed E-state index contributed by atoms with van der Waals surface area (Å²) in [4.78, 5) is 23.9. The Labute approximate surface area is 181 Å². The molecule has 0 radical (unpaired) electrons. The largest absolute Gasteiger partial charge is 0.494 e. The highest BCUT2D eigenvalue weighted by Gasteiger charge is 2.56. The normalized spacial score (nSPS) is 21.1. The van der Waals surface area contributed by atoms with Gasteiger partial charge < -0.3 is 25.2 Å². The minimum atomic E-state index is -0.373. The molecular formula is C21H29N7O3. The Bertz CT molecular complexity index is 964. The number of nitro benzene ring substituents is 1. The van der Waals surface area contributed by atoms with E-state index in [4.69, 9.17) is 4.74 Å². The first kappa shape index (κ1) is 21.1. The van der Waals surface area contributed by atoms with E-state index >= 15 is 0 Å². The minimum Gasteiger partial charge on any atom is -0.494 e. The monoisotopic (exact) mass is 427 g/mol. The SMILES string of the molecule is COc1cc(N(C)CCN(C)C)c([N+](=O)[O-])cc1Nc1cc(NC23CC(C2)C3)ncn1. The molecule has 31 heavy (non-hydrogen) atoms. The lowest BCUT2D eigenvalue weighted by atomic mass is 9.50. The van der Waals surface area contributed by atoms with Gasteiger partial charge in [0.25, 0.3) is 5.69 Å². The summed E-state index contributed by atoms with van der Waals surface area (Å²) in [6.45, 7) is 1.42. The lowest BCUT2D eigenvalue weighted by Crippen LogP contribution is -2.63. The molecule has 10 nitrogen and oxygen atoms in total. The zero-order chi connectivity index (χ0) is 22.2. The Morgan fingerprint density at radius 2 is 1.87 bits per heavy atom. The van der Waals surface area contributed by atoms with Crippen LogP contribution < -0.4 is 20.3 Å². The molecule has 0 saturated heterocycles. The average molecular weight is 428 g/mol. The van der Waals surface area contributed by atoms with Crippen LogP contribution in [0.15, 0.2) is 24.5 Å². The van der Waals surface area contributed by atoms with Gasteiger partial charge in [-0.3, -0.25) is 10.1 Å². The van der Waals surface area contributed by atoms with Crippen LogP contribution in [0.3, 0.4) is 0 Å². The van der Waals surface area contributed by atoms with Crippen molar-refractivity contribution in [1.82, 2.24) is 14.9 Å². The minimum absolute atomic E-state index is 0.00540. The van der Waals surface area contributed by atoms with Crippen molar-refractivity contribution in [3.05, 3.63) is 34.6 Å². The number of likely N-dealkylation sites (N-methyl/N-ethyl adjacent to an activating group) is 2. The van der Waals surface area contributed by atoms with Crippen LogP contribution in [0.5, 0.6) is 5.75 Å². The van der Waals surface area contributed by atoms with E-state index in [0.717, 1.165) is 18.3 Å². The molecule has 3 aliphatic carbocycles. The maximum absolute atomic E-state index is 11.8. The fraction of sp³-hybridized carbons (Fsp3) is 0.524. The van der Waals surface area contributed by atoms with Gasteiger partial charge in [0.05, 0.1) is 17.7 Å². The van der Waals surface area contributed by atoms with Gasteiger partial charge in [0.1, 0.15) is 29.4 Å². The molecule has 3 aliphatic rings. The lowest BCUT2D eigenvalue weighted by molar-refractivity contribution is -0.384. The van der Waals surface area contributed by atoms with Crippen LogP contribution in [0, 0.1) is 16.0 Å². The number of rotatable bonds is 10. The van der Waals surface area contributed by atoms with Crippen molar-refractivity contribution in [3.63, 3.8) is 0 Å². The van der Waals surface area contributed by atoms with Crippen molar-refractivity contribution >= 4 is 28.7 Å². The molecule has 166 valence electrons. The van der Waals surface area contributed by atoms with Crippen molar-refractivity contribution in [2.45, 2.75) is 24.8 Å². The highest BCUT2D eigenvalue weighted by molar-refractivity contribution is 5.77. The zero-order valence-corrected chi connectivity index (χ0v) is 18.4. The number of anilines is 4. The molecule has 0 atom stereocenters. The number of aromatic nitrogens is 2. The topological polar surface area (TPSA) is 109 Å². The van der Waals surface area contributed by atoms with Gasteiger partial charge >= 0.3 is 0 Å². The van der Waals surface area contributed by atoms with E-state index in [-0.39, 0.29) is 16.1 Å². The first-order valence-electron chi connectivity index (χ1n) is 10.4. The van der Waals surface area contributed by atoms with Crippen LogP contribution in [0.2, 0.25) is 0 Å². The van der Waals surface area contributed by atoms with Crippen LogP contribution in [-0.2, 0) is 0 Å². The summed E-state index contributed by atoms with van der Waals surface area (Å²) in [5.41, 5.74) is 1.19. The molecule has 0 aliphatic heterocycles. The second kappa shape index (κ2) is 8.18. The van der Waals surface area contributed by atoms with Gasteiger partial charge in [0.15, 0.2) is 0 Å². The van der Waals surface area contributed by atoms with Gasteiger partial charge in [-0.25, -0.2) is 9.97 Å². The molecule has 2 bridgehead atoms. The van der Waals surface area contributed by atoms with Crippen molar-refractivity contribution in [1.29, 1.82) is 0 Å². The van der Waals surface area contributed by atoms with E-state index in [1.54, 1.807) is 13.2 Å². The number of methoxy groups -OCH3 is 1. The molecule has 10 heteroatoms. The number of hydrogen-bond donors (Lipinski definition) is 2. The Balaban J connectivity index is 1.57. The van der Waals surface area contributed by atoms with Crippen molar-refractivity contribution < 1.29 is 9.66 Å². The molecule has 2 N–H and O–H groups in total. The smallest absolute Gasteiger partial charge is 0.294 e. The van der Waals surface area contributed by atoms with E-state index in [1.165, 1.54) is 31.7 Å². The third kappa shape index (κ3) is 4.34. The Morgan fingerprint density at radius 3 is 2.45 bits per heavy atom. The summed E-state index contributed by atoms with van der Waals surface area (Å²) in [6.07, 6.45) is 5.08. The first-order valence-corrected chi connectivity index (χ1v) is 10.4. The highest BCUT2D eigenvalue weighted by Crippen LogP contribution is 2.58. The third-order valence-corrected chi connectivity index (χ3v) is 6.15. The maximum atomic E-state index is 11.8. The van der Waals surface area contributed by atoms with Gasteiger partial charge in [-0.2, -0.15) is 0 Å².